The molecule has 0 N–H and O–H groups in total. The van der Waals surface area contributed by atoms with Gasteiger partial charge in [0.15, 0.2) is 0 Å². The van der Waals surface area contributed by atoms with E-state index in [0.29, 0.717) is 12.4 Å². The van der Waals surface area contributed by atoms with E-state index in [-0.39, 0.29) is 5.91 Å². The standard InChI is InChI=1S/C14H19NO2S/c1-12-4-6-13(7-5-12)10-18-11-14(16)15-8-2-3-9-17-15/h4-7H,2-3,8-11H2,1H3. The fraction of sp³-hybridized carbons (Fsp3) is 0.500. The van der Waals surface area contributed by atoms with Crippen LogP contribution in [0.2, 0.25) is 0 Å². The van der Waals surface area contributed by atoms with Crippen molar-refractivity contribution in [3.8, 4) is 0 Å². The Kier molecular flexibility index (Phi) is 5.08. The SMILES string of the molecule is Cc1ccc(CSCC(=O)N2CCCCO2)cc1. The molecule has 1 saturated heterocycles. The van der Waals surface area contributed by atoms with Crippen molar-refractivity contribution in [2.24, 2.45) is 0 Å². The van der Waals surface area contributed by atoms with Gasteiger partial charge in [0, 0.05) is 12.3 Å². The van der Waals surface area contributed by atoms with Crippen LogP contribution in [-0.2, 0) is 15.4 Å². The summed E-state index contributed by atoms with van der Waals surface area (Å²) < 4.78 is 0. The van der Waals surface area contributed by atoms with Crippen LogP contribution in [0.3, 0.4) is 0 Å². The van der Waals surface area contributed by atoms with Gasteiger partial charge < -0.3 is 0 Å². The quantitative estimate of drug-likeness (QED) is 0.838. The van der Waals surface area contributed by atoms with Gasteiger partial charge in [-0.05, 0) is 25.3 Å². The van der Waals surface area contributed by atoms with Gasteiger partial charge in [0.1, 0.15) is 0 Å². The molecule has 1 heterocycles. The van der Waals surface area contributed by atoms with Crippen molar-refractivity contribution in [2.45, 2.75) is 25.5 Å². The molecular weight excluding hydrogens is 246 g/mol. The Balaban J connectivity index is 1.71. The molecule has 1 aliphatic rings. The molecule has 4 heteroatoms. The van der Waals surface area contributed by atoms with E-state index in [1.54, 1.807) is 11.8 Å². The second-order valence-electron chi connectivity index (χ2n) is 4.51. The second-order valence-corrected chi connectivity index (χ2v) is 5.50. The average Bonchev–Trinajstić information content (AvgIpc) is 2.42. The van der Waals surface area contributed by atoms with Crippen LogP contribution in [-0.4, -0.2) is 29.9 Å². The van der Waals surface area contributed by atoms with Crippen molar-refractivity contribution in [3.05, 3.63) is 35.4 Å². The average molecular weight is 265 g/mol. The number of nitrogens with zero attached hydrogens (tertiary/aromatic N) is 1. The van der Waals surface area contributed by atoms with Crippen molar-refractivity contribution >= 4 is 17.7 Å². The smallest absolute Gasteiger partial charge is 0.256 e. The van der Waals surface area contributed by atoms with Gasteiger partial charge in [0.25, 0.3) is 5.91 Å². The first-order chi connectivity index (χ1) is 8.75. The Morgan fingerprint density at radius 1 is 1.33 bits per heavy atom. The molecular formula is C14H19NO2S. The third-order valence-electron chi connectivity index (χ3n) is 2.90. The van der Waals surface area contributed by atoms with E-state index in [4.69, 9.17) is 4.84 Å². The number of hydrogen-bond donors (Lipinski definition) is 0. The number of carbonyl (C=O) groups is 1. The number of rotatable bonds is 4. The van der Waals surface area contributed by atoms with Crippen LogP contribution in [0.1, 0.15) is 24.0 Å². The van der Waals surface area contributed by atoms with E-state index in [0.717, 1.165) is 25.1 Å². The highest BCUT2D eigenvalue weighted by molar-refractivity contribution is 7.99. The molecule has 0 atom stereocenters. The van der Waals surface area contributed by atoms with E-state index >= 15 is 0 Å². The zero-order chi connectivity index (χ0) is 12.8. The Morgan fingerprint density at radius 3 is 2.78 bits per heavy atom. The molecule has 18 heavy (non-hydrogen) atoms. The zero-order valence-electron chi connectivity index (χ0n) is 10.7. The van der Waals surface area contributed by atoms with Crippen LogP contribution in [0.5, 0.6) is 0 Å². The molecule has 0 bridgehead atoms. The molecule has 0 saturated carbocycles. The van der Waals surface area contributed by atoms with Crippen LogP contribution in [0, 0.1) is 6.92 Å². The predicted octanol–water partition coefficient (Wildman–Crippen LogP) is 2.78. The molecule has 1 aliphatic heterocycles. The Morgan fingerprint density at radius 2 is 2.11 bits per heavy atom. The molecule has 0 unspecified atom stereocenters. The number of carbonyl (C=O) groups excluding carboxylic acids is 1. The van der Waals surface area contributed by atoms with Crippen LogP contribution >= 0.6 is 11.8 Å². The first kappa shape index (κ1) is 13.4. The lowest BCUT2D eigenvalue weighted by Gasteiger charge is -2.25. The van der Waals surface area contributed by atoms with Crippen molar-refractivity contribution in [2.75, 3.05) is 18.9 Å². The van der Waals surface area contributed by atoms with Gasteiger partial charge in [-0.15, -0.1) is 11.8 Å². The van der Waals surface area contributed by atoms with Crippen molar-refractivity contribution in [1.82, 2.24) is 5.06 Å². The number of hydroxylamine groups is 2. The first-order valence-corrected chi connectivity index (χ1v) is 7.48. The number of aryl methyl sites for hydroxylation is 1. The molecule has 98 valence electrons. The highest BCUT2D eigenvalue weighted by Crippen LogP contribution is 2.15. The number of hydrogen-bond acceptors (Lipinski definition) is 3. The van der Waals surface area contributed by atoms with E-state index < -0.39 is 0 Å². The minimum atomic E-state index is 0.0896. The lowest BCUT2D eigenvalue weighted by Crippen LogP contribution is -2.36. The summed E-state index contributed by atoms with van der Waals surface area (Å²) in [5.74, 6) is 1.46. The molecule has 0 radical (unpaired) electrons. The van der Waals surface area contributed by atoms with Crippen LogP contribution in [0.4, 0.5) is 0 Å². The van der Waals surface area contributed by atoms with Crippen LogP contribution in [0.15, 0.2) is 24.3 Å². The molecule has 0 aromatic heterocycles. The highest BCUT2D eigenvalue weighted by Gasteiger charge is 2.17. The van der Waals surface area contributed by atoms with Crippen molar-refractivity contribution < 1.29 is 9.63 Å². The lowest BCUT2D eigenvalue weighted by atomic mass is 10.2. The molecule has 1 aromatic carbocycles. The zero-order valence-corrected chi connectivity index (χ0v) is 11.5. The van der Waals surface area contributed by atoms with Gasteiger partial charge in [-0.2, -0.15) is 0 Å². The Labute approximate surface area is 112 Å². The summed E-state index contributed by atoms with van der Waals surface area (Å²) >= 11 is 1.64. The monoisotopic (exact) mass is 265 g/mol. The first-order valence-electron chi connectivity index (χ1n) is 6.32. The largest absolute Gasteiger partial charge is 0.272 e. The third-order valence-corrected chi connectivity index (χ3v) is 3.88. The fourth-order valence-corrected chi connectivity index (χ4v) is 2.65. The van der Waals surface area contributed by atoms with Gasteiger partial charge in [0.05, 0.1) is 12.4 Å². The summed E-state index contributed by atoms with van der Waals surface area (Å²) in [6.07, 6.45) is 2.11. The third kappa shape index (κ3) is 4.03. The normalized spacial score (nSPS) is 15.7. The van der Waals surface area contributed by atoms with E-state index in [1.165, 1.54) is 16.2 Å². The number of amides is 1. The maximum absolute atomic E-state index is 11.8. The lowest BCUT2D eigenvalue weighted by molar-refractivity contribution is -0.194. The van der Waals surface area contributed by atoms with Crippen molar-refractivity contribution in [3.63, 3.8) is 0 Å². The highest BCUT2D eigenvalue weighted by atomic mass is 32.2. The van der Waals surface area contributed by atoms with Crippen LogP contribution < -0.4 is 0 Å². The van der Waals surface area contributed by atoms with E-state index in [2.05, 4.69) is 31.2 Å². The minimum absolute atomic E-state index is 0.0896. The predicted molar refractivity (Wildman–Crippen MR) is 74.2 cm³/mol. The topological polar surface area (TPSA) is 29.5 Å². The van der Waals surface area contributed by atoms with Gasteiger partial charge in [-0.1, -0.05) is 29.8 Å². The van der Waals surface area contributed by atoms with Gasteiger partial charge in [-0.3, -0.25) is 9.63 Å². The molecule has 0 spiro atoms. The van der Waals surface area contributed by atoms with Gasteiger partial charge in [-0.25, -0.2) is 5.06 Å². The summed E-state index contributed by atoms with van der Waals surface area (Å²) in [6.45, 7) is 3.49. The molecule has 3 nitrogen and oxygen atoms in total. The minimum Gasteiger partial charge on any atom is -0.272 e. The maximum atomic E-state index is 11.8. The van der Waals surface area contributed by atoms with Gasteiger partial charge >= 0.3 is 0 Å². The molecule has 0 aliphatic carbocycles. The molecule has 1 fully saturated rings. The van der Waals surface area contributed by atoms with E-state index in [1.807, 2.05) is 0 Å². The van der Waals surface area contributed by atoms with Gasteiger partial charge in [0.2, 0.25) is 0 Å². The Hall–Kier alpha value is -1.00. The summed E-state index contributed by atoms with van der Waals surface area (Å²) in [4.78, 5) is 17.2. The number of thioether (sulfide) groups is 1. The Bertz CT molecular complexity index is 385. The molecule has 1 aromatic rings. The van der Waals surface area contributed by atoms with E-state index in [9.17, 15) is 4.79 Å². The fourth-order valence-electron chi connectivity index (χ4n) is 1.81. The second kappa shape index (κ2) is 6.81. The summed E-state index contributed by atoms with van der Waals surface area (Å²) in [5.41, 5.74) is 2.53. The van der Waals surface area contributed by atoms with Crippen LogP contribution in [0.25, 0.3) is 0 Å². The number of benzene rings is 1. The summed E-state index contributed by atoms with van der Waals surface area (Å²) in [6, 6.07) is 8.44. The van der Waals surface area contributed by atoms with Crippen molar-refractivity contribution in [1.29, 1.82) is 0 Å². The summed E-state index contributed by atoms with van der Waals surface area (Å²) in [5, 5.41) is 1.52. The summed E-state index contributed by atoms with van der Waals surface area (Å²) in [7, 11) is 0. The molecule has 1 amide bonds. The molecule has 2 rings (SSSR count). The maximum Gasteiger partial charge on any atom is 0.256 e.